The van der Waals surface area contributed by atoms with Crippen LogP contribution in [0.15, 0.2) is 30.3 Å². The Bertz CT molecular complexity index is 595. The van der Waals surface area contributed by atoms with Crippen LogP contribution in [0.1, 0.15) is 25.3 Å². The van der Waals surface area contributed by atoms with E-state index in [2.05, 4.69) is 10.6 Å². The monoisotopic (exact) mass is 348 g/mol. The largest absolute Gasteiger partial charge is 0.464 e. The lowest BCUT2D eigenvalue weighted by atomic mass is 9.80. The molecule has 2 heterocycles. The first-order valence-corrected chi connectivity index (χ1v) is 8.61. The van der Waals surface area contributed by atoms with Gasteiger partial charge in [-0.05, 0) is 25.3 Å². The zero-order valence-corrected chi connectivity index (χ0v) is 14.3. The number of alkyl carbamates (subject to hydrolysis) is 1. The zero-order valence-electron chi connectivity index (χ0n) is 14.3. The predicted molar refractivity (Wildman–Crippen MR) is 89.9 cm³/mol. The highest BCUT2D eigenvalue weighted by Gasteiger charge is 2.50. The van der Waals surface area contributed by atoms with Gasteiger partial charge in [-0.3, -0.25) is 0 Å². The maximum atomic E-state index is 12.6. The van der Waals surface area contributed by atoms with Crippen molar-refractivity contribution in [1.82, 2.24) is 10.6 Å². The van der Waals surface area contributed by atoms with E-state index in [1.54, 1.807) is 6.92 Å². The van der Waals surface area contributed by atoms with Crippen molar-refractivity contribution < 1.29 is 23.8 Å². The number of amides is 1. The van der Waals surface area contributed by atoms with Gasteiger partial charge in [-0.25, -0.2) is 9.59 Å². The molecule has 2 saturated heterocycles. The lowest BCUT2D eigenvalue weighted by Gasteiger charge is -2.45. The van der Waals surface area contributed by atoms with Crippen LogP contribution in [-0.2, 0) is 25.6 Å². The number of hydrogen-bond donors (Lipinski definition) is 2. The summed E-state index contributed by atoms with van der Waals surface area (Å²) in [6.45, 7) is 3.20. The van der Waals surface area contributed by atoms with Crippen molar-refractivity contribution in [3.05, 3.63) is 35.9 Å². The molecule has 2 aliphatic heterocycles. The molecular weight excluding hydrogens is 324 g/mol. The molecule has 1 aromatic rings. The highest BCUT2D eigenvalue weighted by Crippen LogP contribution is 2.29. The second kappa shape index (κ2) is 7.84. The van der Waals surface area contributed by atoms with Gasteiger partial charge in [-0.15, -0.1) is 0 Å². The summed E-state index contributed by atoms with van der Waals surface area (Å²) in [5.74, 6) is -0.412. The minimum Gasteiger partial charge on any atom is -0.464 e. The predicted octanol–water partition coefficient (Wildman–Crippen LogP) is 1.37. The molecule has 2 aliphatic rings. The Morgan fingerprint density at radius 2 is 1.88 bits per heavy atom. The maximum absolute atomic E-state index is 12.6. The van der Waals surface area contributed by atoms with Crippen molar-refractivity contribution >= 4 is 12.1 Å². The fraction of sp³-hybridized carbons (Fsp3) is 0.556. The van der Waals surface area contributed by atoms with Crippen LogP contribution in [0.5, 0.6) is 0 Å². The van der Waals surface area contributed by atoms with Crippen LogP contribution in [0.2, 0.25) is 0 Å². The number of hydrogen-bond acceptors (Lipinski definition) is 6. The van der Waals surface area contributed by atoms with Gasteiger partial charge in [0.25, 0.3) is 0 Å². The Kier molecular flexibility index (Phi) is 5.55. The molecule has 2 atom stereocenters. The SMILES string of the molecule is CCOC(=O)C1(NC(=O)OCc2ccccc2)CC2COCC(C1)N2. The normalized spacial score (nSPS) is 28.0. The first kappa shape index (κ1) is 17.7. The summed E-state index contributed by atoms with van der Waals surface area (Å²) in [6, 6.07) is 9.42. The van der Waals surface area contributed by atoms with Crippen molar-refractivity contribution in [2.75, 3.05) is 19.8 Å². The van der Waals surface area contributed by atoms with Crippen LogP contribution in [0.4, 0.5) is 4.79 Å². The molecule has 25 heavy (non-hydrogen) atoms. The van der Waals surface area contributed by atoms with E-state index in [1.807, 2.05) is 30.3 Å². The molecule has 0 spiro atoms. The highest BCUT2D eigenvalue weighted by molar-refractivity contribution is 5.86. The van der Waals surface area contributed by atoms with Crippen LogP contribution in [0.3, 0.4) is 0 Å². The Labute approximate surface area is 147 Å². The fourth-order valence-corrected chi connectivity index (χ4v) is 3.49. The first-order chi connectivity index (χ1) is 12.1. The lowest BCUT2D eigenvalue weighted by molar-refractivity contribution is -0.155. The van der Waals surface area contributed by atoms with E-state index in [9.17, 15) is 9.59 Å². The van der Waals surface area contributed by atoms with Crippen LogP contribution in [0, 0.1) is 0 Å². The summed E-state index contributed by atoms with van der Waals surface area (Å²) >= 11 is 0. The van der Waals surface area contributed by atoms with Gasteiger partial charge in [0.1, 0.15) is 12.1 Å². The van der Waals surface area contributed by atoms with Crippen LogP contribution in [-0.4, -0.2) is 49.5 Å². The Morgan fingerprint density at radius 1 is 1.20 bits per heavy atom. The van der Waals surface area contributed by atoms with Crippen LogP contribution >= 0.6 is 0 Å². The van der Waals surface area contributed by atoms with Gasteiger partial charge >= 0.3 is 12.1 Å². The van der Waals surface area contributed by atoms with Crippen molar-refractivity contribution in [2.24, 2.45) is 0 Å². The molecule has 2 N–H and O–H groups in total. The number of rotatable bonds is 5. The van der Waals surface area contributed by atoms with E-state index in [-0.39, 0.29) is 25.3 Å². The highest BCUT2D eigenvalue weighted by atomic mass is 16.6. The molecule has 2 bridgehead atoms. The molecule has 7 nitrogen and oxygen atoms in total. The Balaban J connectivity index is 1.67. The van der Waals surface area contributed by atoms with Crippen LogP contribution in [0.25, 0.3) is 0 Å². The topological polar surface area (TPSA) is 85.9 Å². The van der Waals surface area contributed by atoms with Gasteiger partial charge in [0.05, 0.1) is 19.8 Å². The third-order valence-electron chi connectivity index (χ3n) is 4.52. The molecule has 2 unspecified atom stereocenters. The van der Waals surface area contributed by atoms with Gasteiger partial charge in [-0.1, -0.05) is 30.3 Å². The van der Waals surface area contributed by atoms with Crippen molar-refractivity contribution in [1.29, 1.82) is 0 Å². The van der Waals surface area contributed by atoms with E-state index < -0.39 is 17.6 Å². The van der Waals surface area contributed by atoms with Crippen molar-refractivity contribution in [2.45, 2.75) is 44.0 Å². The number of benzene rings is 1. The lowest BCUT2D eigenvalue weighted by Crippen LogP contribution is -2.68. The second-order valence-corrected chi connectivity index (χ2v) is 6.50. The minimum atomic E-state index is -1.08. The van der Waals surface area contributed by atoms with Crippen molar-refractivity contribution in [3.63, 3.8) is 0 Å². The average molecular weight is 348 g/mol. The minimum absolute atomic E-state index is 0.00586. The number of carbonyl (C=O) groups excluding carboxylic acids is 2. The molecule has 2 fully saturated rings. The second-order valence-electron chi connectivity index (χ2n) is 6.50. The molecule has 0 saturated carbocycles. The number of piperidine rings is 1. The quantitative estimate of drug-likeness (QED) is 0.782. The molecule has 1 amide bonds. The molecule has 1 aromatic carbocycles. The number of morpholine rings is 1. The summed E-state index contributed by atoms with van der Waals surface area (Å²) in [5, 5.41) is 6.20. The maximum Gasteiger partial charge on any atom is 0.408 e. The van der Waals surface area contributed by atoms with E-state index >= 15 is 0 Å². The van der Waals surface area contributed by atoms with E-state index in [4.69, 9.17) is 14.2 Å². The standard InChI is InChI=1S/C18H24N2O5/c1-2-24-16(21)18(8-14-11-23-12-15(9-18)19-14)20-17(22)25-10-13-6-4-3-5-7-13/h3-7,14-15,19H,2,8-12H2,1H3,(H,20,22). The third-order valence-corrected chi connectivity index (χ3v) is 4.52. The zero-order chi connectivity index (χ0) is 17.7. The van der Waals surface area contributed by atoms with Gasteiger partial charge in [0.15, 0.2) is 0 Å². The van der Waals surface area contributed by atoms with Gasteiger partial charge < -0.3 is 24.8 Å². The molecule has 0 radical (unpaired) electrons. The van der Waals surface area contributed by atoms with Crippen molar-refractivity contribution in [3.8, 4) is 0 Å². The number of nitrogens with one attached hydrogen (secondary N) is 2. The summed E-state index contributed by atoms with van der Waals surface area (Å²) in [7, 11) is 0. The first-order valence-electron chi connectivity index (χ1n) is 8.61. The van der Waals surface area contributed by atoms with E-state index in [0.29, 0.717) is 26.1 Å². The van der Waals surface area contributed by atoms with Gasteiger partial charge in [-0.2, -0.15) is 0 Å². The smallest absolute Gasteiger partial charge is 0.408 e. The molecule has 136 valence electrons. The van der Waals surface area contributed by atoms with E-state index in [1.165, 1.54) is 0 Å². The number of esters is 1. The Hall–Kier alpha value is -2.12. The fourth-order valence-electron chi connectivity index (χ4n) is 3.49. The van der Waals surface area contributed by atoms with Gasteiger partial charge in [0, 0.05) is 12.1 Å². The molecule has 0 aromatic heterocycles. The molecular formula is C18H24N2O5. The molecule has 7 heteroatoms. The summed E-state index contributed by atoms with van der Waals surface area (Å²) in [5.41, 5.74) is -0.188. The number of carbonyl (C=O) groups is 2. The third kappa shape index (κ3) is 4.29. The summed E-state index contributed by atoms with van der Waals surface area (Å²) in [6.07, 6.45) is 0.226. The summed E-state index contributed by atoms with van der Waals surface area (Å²) in [4.78, 5) is 24.9. The number of ether oxygens (including phenoxy) is 3. The average Bonchev–Trinajstić information content (AvgIpc) is 2.61. The molecule has 3 rings (SSSR count). The molecule has 0 aliphatic carbocycles. The van der Waals surface area contributed by atoms with E-state index in [0.717, 1.165) is 5.56 Å². The summed E-state index contributed by atoms with van der Waals surface area (Å²) < 4.78 is 16.1. The van der Waals surface area contributed by atoms with Gasteiger partial charge in [0.2, 0.25) is 0 Å². The van der Waals surface area contributed by atoms with Crippen LogP contribution < -0.4 is 10.6 Å². The Morgan fingerprint density at radius 3 is 2.52 bits per heavy atom. The number of fused-ring (bicyclic) bond motifs is 2.